The number of benzene rings is 1. The molecule has 1 spiro atoms. The van der Waals surface area contributed by atoms with Gasteiger partial charge in [0, 0.05) is 11.8 Å². The van der Waals surface area contributed by atoms with Gasteiger partial charge in [0.25, 0.3) is 5.91 Å². The molecule has 1 amide bonds. The van der Waals surface area contributed by atoms with Crippen LogP contribution in [0.25, 0.3) is 16.9 Å². The summed E-state index contributed by atoms with van der Waals surface area (Å²) in [6, 6.07) is 9.11. The number of carbonyl (C=O) groups is 3. The molecule has 0 atom stereocenters. The molecule has 8 nitrogen and oxygen atoms in total. The molecule has 162 valence electrons. The summed E-state index contributed by atoms with van der Waals surface area (Å²) in [5.41, 5.74) is 0.546. The van der Waals surface area contributed by atoms with Gasteiger partial charge in [0.2, 0.25) is 0 Å². The standard InChI is InChI=1S/C23H24N2O6/c1-31-15-7-5-14(6-8-15)16-9-12-25-19(16)20(28)18(22(30)24-13-17(26)27)21(29)23(25)10-3-2-4-11-23/h5-9,12,28H,2-4,10-11,13H2,1H3,(H,24,30)(H,26,27). The average Bonchev–Trinajstić information content (AvgIpc) is 3.23. The van der Waals surface area contributed by atoms with E-state index in [0.717, 1.165) is 24.8 Å². The summed E-state index contributed by atoms with van der Waals surface area (Å²) in [6.45, 7) is -0.637. The fourth-order valence-electron chi connectivity index (χ4n) is 4.66. The molecule has 0 saturated heterocycles. The maximum atomic E-state index is 13.5. The Morgan fingerprint density at radius 1 is 1.13 bits per heavy atom. The number of carbonyl (C=O) groups excluding carboxylic acids is 2. The number of nitrogens with one attached hydrogen (secondary N) is 1. The molecule has 2 aromatic rings. The van der Waals surface area contributed by atoms with Gasteiger partial charge in [-0.25, -0.2) is 0 Å². The summed E-state index contributed by atoms with van der Waals surface area (Å²) in [7, 11) is 1.57. The van der Waals surface area contributed by atoms with E-state index in [-0.39, 0.29) is 5.57 Å². The number of Topliss-reactive ketones (excluding diaryl/α,β-unsaturated/α-hetero) is 1. The molecule has 31 heavy (non-hydrogen) atoms. The van der Waals surface area contributed by atoms with Crippen LogP contribution in [0, 0.1) is 0 Å². The zero-order chi connectivity index (χ0) is 22.2. The fraction of sp³-hybridized carbons (Fsp3) is 0.348. The van der Waals surface area contributed by atoms with E-state index in [1.165, 1.54) is 0 Å². The fourth-order valence-corrected chi connectivity index (χ4v) is 4.66. The second kappa shape index (κ2) is 7.94. The first-order valence-corrected chi connectivity index (χ1v) is 10.2. The number of hydrogen-bond donors (Lipinski definition) is 3. The Hall–Kier alpha value is -3.55. The van der Waals surface area contributed by atoms with Crippen molar-refractivity contribution in [1.29, 1.82) is 0 Å². The third kappa shape index (κ3) is 3.37. The Kier molecular flexibility index (Phi) is 5.31. The highest BCUT2D eigenvalue weighted by molar-refractivity contribution is 6.27. The molecule has 1 aliphatic carbocycles. The molecule has 0 bridgehead atoms. The highest BCUT2D eigenvalue weighted by Gasteiger charge is 2.50. The van der Waals surface area contributed by atoms with Crippen LogP contribution in [0.4, 0.5) is 0 Å². The van der Waals surface area contributed by atoms with E-state index in [9.17, 15) is 19.5 Å². The van der Waals surface area contributed by atoms with Gasteiger partial charge in [-0.3, -0.25) is 14.4 Å². The number of amides is 1. The number of aliphatic carboxylic acids is 1. The van der Waals surface area contributed by atoms with Crippen LogP contribution in [0.3, 0.4) is 0 Å². The van der Waals surface area contributed by atoms with Gasteiger partial charge in [-0.1, -0.05) is 31.4 Å². The van der Waals surface area contributed by atoms with Crippen LogP contribution in [0.15, 0.2) is 42.1 Å². The van der Waals surface area contributed by atoms with Crippen LogP contribution >= 0.6 is 0 Å². The Balaban J connectivity index is 1.88. The number of ketones is 1. The van der Waals surface area contributed by atoms with Crippen molar-refractivity contribution in [2.24, 2.45) is 0 Å². The van der Waals surface area contributed by atoms with Crippen molar-refractivity contribution in [3.63, 3.8) is 0 Å². The lowest BCUT2D eigenvalue weighted by atomic mass is 9.73. The minimum absolute atomic E-state index is 0.371. The van der Waals surface area contributed by atoms with Crippen LogP contribution in [0.5, 0.6) is 5.75 Å². The van der Waals surface area contributed by atoms with Crippen LogP contribution in [0.2, 0.25) is 0 Å². The third-order valence-corrected chi connectivity index (χ3v) is 6.17. The third-order valence-electron chi connectivity index (χ3n) is 6.17. The number of rotatable bonds is 5. The van der Waals surface area contributed by atoms with E-state index in [4.69, 9.17) is 9.84 Å². The van der Waals surface area contributed by atoms with Gasteiger partial charge in [0.1, 0.15) is 23.4 Å². The second-order valence-electron chi connectivity index (χ2n) is 7.90. The van der Waals surface area contributed by atoms with E-state index in [1.54, 1.807) is 30.0 Å². The van der Waals surface area contributed by atoms with E-state index in [1.807, 2.05) is 18.2 Å². The molecule has 4 rings (SSSR count). The van der Waals surface area contributed by atoms with Gasteiger partial charge in [0.15, 0.2) is 11.5 Å². The largest absolute Gasteiger partial charge is 0.505 e. The first-order chi connectivity index (χ1) is 14.9. The molecule has 3 N–H and O–H groups in total. The molecule has 0 unspecified atom stereocenters. The Bertz CT molecular complexity index is 1070. The summed E-state index contributed by atoms with van der Waals surface area (Å²) >= 11 is 0. The number of aromatic nitrogens is 1. The zero-order valence-electron chi connectivity index (χ0n) is 17.2. The lowest BCUT2D eigenvalue weighted by molar-refractivity contribution is -0.138. The minimum Gasteiger partial charge on any atom is -0.505 e. The van der Waals surface area contributed by atoms with Crippen LogP contribution in [-0.2, 0) is 19.9 Å². The molecule has 1 aromatic heterocycles. The molecule has 1 fully saturated rings. The predicted octanol–water partition coefficient (Wildman–Crippen LogP) is 2.88. The molecule has 2 heterocycles. The van der Waals surface area contributed by atoms with Crippen LogP contribution in [-0.4, -0.2) is 46.1 Å². The number of ether oxygens (including phenoxy) is 1. The number of methoxy groups -OCH3 is 1. The summed E-state index contributed by atoms with van der Waals surface area (Å²) in [4.78, 5) is 37.2. The quantitative estimate of drug-likeness (QED) is 0.636. The summed E-state index contributed by atoms with van der Waals surface area (Å²) in [5.74, 6) is -2.31. The van der Waals surface area contributed by atoms with Crippen molar-refractivity contribution < 1.29 is 29.3 Å². The molecule has 1 aliphatic heterocycles. The molecule has 1 aromatic carbocycles. The SMILES string of the molecule is COc1ccc(-c2ccn3c2C(O)=C(C(=O)NCC(=O)O)C(=O)C32CCCCC2)cc1. The molecule has 2 aliphatic rings. The van der Waals surface area contributed by atoms with E-state index < -0.39 is 35.5 Å². The van der Waals surface area contributed by atoms with Gasteiger partial charge in [-0.05, 0) is 36.6 Å². The second-order valence-corrected chi connectivity index (χ2v) is 7.90. The lowest BCUT2D eigenvalue weighted by Crippen LogP contribution is -2.50. The highest BCUT2D eigenvalue weighted by Crippen LogP contribution is 2.46. The van der Waals surface area contributed by atoms with Gasteiger partial charge >= 0.3 is 5.97 Å². The number of aliphatic hydroxyl groups excluding tert-OH is 1. The molecule has 8 heteroatoms. The van der Waals surface area contributed by atoms with E-state index >= 15 is 0 Å². The van der Waals surface area contributed by atoms with Gasteiger partial charge < -0.3 is 24.8 Å². The van der Waals surface area contributed by atoms with Gasteiger partial charge in [0.05, 0.1) is 12.8 Å². The number of carboxylic acids is 1. The number of carboxylic acid groups (broad SMARTS) is 1. The molecular formula is C23H24N2O6. The summed E-state index contributed by atoms with van der Waals surface area (Å²) in [6.07, 6.45) is 5.54. The van der Waals surface area contributed by atoms with Crippen molar-refractivity contribution in [3.05, 3.63) is 47.8 Å². The number of nitrogens with zero attached hydrogens (tertiary/aromatic N) is 1. The van der Waals surface area contributed by atoms with Crippen molar-refractivity contribution >= 4 is 23.4 Å². The van der Waals surface area contributed by atoms with Gasteiger partial charge in [-0.15, -0.1) is 0 Å². The Morgan fingerprint density at radius 3 is 2.42 bits per heavy atom. The van der Waals surface area contributed by atoms with Crippen LogP contribution < -0.4 is 10.1 Å². The number of fused-ring (bicyclic) bond motifs is 2. The maximum Gasteiger partial charge on any atom is 0.322 e. The zero-order valence-corrected chi connectivity index (χ0v) is 17.2. The Labute approximate surface area is 179 Å². The topological polar surface area (TPSA) is 118 Å². The van der Waals surface area contributed by atoms with Crippen molar-refractivity contribution in [3.8, 4) is 16.9 Å². The lowest BCUT2D eigenvalue weighted by Gasteiger charge is -2.41. The smallest absolute Gasteiger partial charge is 0.322 e. The summed E-state index contributed by atoms with van der Waals surface area (Å²) < 4.78 is 7.01. The maximum absolute atomic E-state index is 13.5. The number of aliphatic hydroxyl groups is 1. The van der Waals surface area contributed by atoms with Crippen molar-refractivity contribution in [2.45, 2.75) is 37.6 Å². The highest BCUT2D eigenvalue weighted by atomic mass is 16.5. The monoisotopic (exact) mass is 424 g/mol. The van der Waals surface area contributed by atoms with Gasteiger partial charge in [-0.2, -0.15) is 0 Å². The number of hydrogen-bond acceptors (Lipinski definition) is 5. The van der Waals surface area contributed by atoms with E-state index in [2.05, 4.69) is 5.32 Å². The molecular weight excluding hydrogens is 400 g/mol. The van der Waals surface area contributed by atoms with E-state index in [0.29, 0.717) is 29.8 Å². The molecule has 0 radical (unpaired) electrons. The predicted molar refractivity (Wildman–Crippen MR) is 113 cm³/mol. The molecule has 1 saturated carbocycles. The average molecular weight is 424 g/mol. The Morgan fingerprint density at radius 2 is 1.81 bits per heavy atom. The first-order valence-electron chi connectivity index (χ1n) is 10.2. The minimum atomic E-state index is -1.23. The van der Waals surface area contributed by atoms with Crippen LogP contribution in [0.1, 0.15) is 37.8 Å². The van der Waals surface area contributed by atoms with Crippen molar-refractivity contribution in [1.82, 2.24) is 9.88 Å². The first kappa shape index (κ1) is 20.7. The van der Waals surface area contributed by atoms with Crippen molar-refractivity contribution in [2.75, 3.05) is 13.7 Å². The summed E-state index contributed by atoms with van der Waals surface area (Å²) in [5, 5.41) is 22.2. The normalized spacial score (nSPS) is 17.4.